The van der Waals surface area contributed by atoms with Crippen LogP contribution in [0.15, 0.2) is 0 Å². The van der Waals surface area contributed by atoms with Crippen LogP contribution < -0.4 is 0 Å². The third-order valence-corrected chi connectivity index (χ3v) is 3.52. The zero-order valence-corrected chi connectivity index (χ0v) is 12.7. The van der Waals surface area contributed by atoms with Crippen molar-refractivity contribution in [2.24, 2.45) is 5.92 Å². The summed E-state index contributed by atoms with van der Waals surface area (Å²) in [6.07, 6.45) is 4.67. The molecule has 0 aromatic heterocycles. The molecule has 1 N–H and O–H groups in total. The van der Waals surface area contributed by atoms with Crippen molar-refractivity contribution < 1.29 is 14.6 Å². The Morgan fingerprint density at radius 2 is 1.95 bits per heavy atom. The van der Waals surface area contributed by atoms with Crippen LogP contribution in [0.4, 0.5) is 0 Å². The molecule has 1 heterocycles. The van der Waals surface area contributed by atoms with Gasteiger partial charge in [0, 0.05) is 13.0 Å². The van der Waals surface area contributed by atoms with Crippen LogP contribution in [0.2, 0.25) is 0 Å². The van der Waals surface area contributed by atoms with E-state index in [2.05, 4.69) is 4.90 Å². The highest BCUT2D eigenvalue weighted by Crippen LogP contribution is 2.20. The lowest BCUT2D eigenvalue weighted by Crippen LogP contribution is -2.35. The number of carbonyl (C=O) groups excluding carboxylic acids is 1. The Morgan fingerprint density at radius 1 is 1.32 bits per heavy atom. The number of nitrogens with zero attached hydrogens (tertiary/aromatic N) is 1. The van der Waals surface area contributed by atoms with Gasteiger partial charge in [0.25, 0.3) is 0 Å². The van der Waals surface area contributed by atoms with Crippen LogP contribution >= 0.6 is 0 Å². The van der Waals surface area contributed by atoms with Crippen LogP contribution in [-0.2, 0) is 9.53 Å². The molecule has 0 aliphatic carbocycles. The van der Waals surface area contributed by atoms with E-state index in [1.165, 1.54) is 12.8 Å². The quantitative estimate of drug-likeness (QED) is 0.752. The van der Waals surface area contributed by atoms with Gasteiger partial charge in [-0.05, 0) is 72.0 Å². The van der Waals surface area contributed by atoms with E-state index in [0.29, 0.717) is 18.9 Å². The van der Waals surface area contributed by atoms with Gasteiger partial charge in [0.1, 0.15) is 5.60 Å². The maximum atomic E-state index is 11.6. The largest absolute Gasteiger partial charge is 0.460 e. The van der Waals surface area contributed by atoms with Crippen LogP contribution in [0, 0.1) is 5.92 Å². The van der Waals surface area contributed by atoms with Gasteiger partial charge in [0.15, 0.2) is 0 Å². The first kappa shape index (κ1) is 16.4. The molecule has 0 unspecified atom stereocenters. The topological polar surface area (TPSA) is 49.8 Å². The molecule has 0 radical (unpaired) electrons. The molecular formula is C15H29NO3. The van der Waals surface area contributed by atoms with Gasteiger partial charge in [-0.2, -0.15) is 0 Å². The number of aliphatic hydroxyl groups excluding tert-OH is 1. The lowest BCUT2D eigenvalue weighted by Gasteiger charge is -2.31. The van der Waals surface area contributed by atoms with Gasteiger partial charge in [-0.3, -0.25) is 4.79 Å². The highest BCUT2D eigenvalue weighted by atomic mass is 16.6. The number of likely N-dealkylation sites (tertiary alicyclic amines) is 1. The second-order valence-corrected chi connectivity index (χ2v) is 6.49. The van der Waals surface area contributed by atoms with Gasteiger partial charge in [-0.1, -0.05) is 0 Å². The Balaban J connectivity index is 2.09. The lowest BCUT2D eigenvalue weighted by atomic mass is 9.94. The van der Waals surface area contributed by atoms with Crippen LogP contribution in [0.3, 0.4) is 0 Å². The number of carbonyl (C=O) groups is 1. The van der Waals surface area contributed by atoms with Gasteiger partial charge >= 0.3 is 5.97 Å². The van der Waals surface area contributed by atoms with Crippen molar-refractivity contribution in [3.8, 4) is 0 Å². The van der Waals surface area contributed by atoms with E-state index in [9.17, 15) is 4.79 Å². The summed E-state index contributed by atoms with van der Waals surface area (Å²) >= 11 is 0. The van der Waals surface area contributed by atoms with Gasteiger partial charge in [0.05, 0.1) is 0 Å². The number of hydrogen-bond donors (Lipinski definition) is 1. The SMILES string of the molecule is CC(C)(C)OC(=O)CCCN1CCC(CCO)CC1. The third kappa shape index (κ3) is 7.53. The third-order valence-electron chi connectivity index (χ3n) is 3.52. The molecule has 1 rings (SSSR count). The molecule has 1 fully saturated rings. The number of ether oxygens (including phenoxy) is 1. The lowest BCUT2D eigenvalue weighted by molar-refractivity contribution is -0.155. The smallest absolute Gasteiger partial charge is 0.306 e. The molecule has 0 bridgehead atoms. The Bertz CT molecular complexity index is 265. The summed E-state index contributed by atoms with van der Waals surface area (Å²) in [7, 11) is 0. The summed E-state index contributed by atoms with van der Waals surface area (Å²) in [5.41, 5.74) is -0.375. The summed E-state index contributed by atoms with van der Waals surface area (Å²) < 4.78 is 5.29. The summed E-state index contributed by atoms with van der Waals surface area (Å²) in [6.45, 7) is 9.18. The van der Waals surface area contributed by atoms with Crippen molar-refractivity contribution in [2.45, 2.75) is 58.5 Å². The first-order valence-corrected chi connectivity index (χ1v) is 7.46. The minimum atomic E-state index is -0.375. The highest BCUT2D eigenvalue weighted by molar-refractivity contribution is 5.69. The minimum absolute atomic E-state index is 0.0948. The zero-order valence-electron chi connectivity index (χ0n) is 12.7. The average molecular weight is 271 g/mol. The molecule has 112 valence electrons. The molecule has 0 amide bonds. The van der Waals surface area contributed by atoms with Crippen molar-refractivity contribution in [3.05, 3.63) is 0 Å². The molecule has 0 atom stereocenters. The van der Waals surface area contributed by atoms with Gasteiger partial charge in [-0.15, -0.1) is 0 Å². The normalized spacial score (nSPS) is 18.5. The van der Waals surface area contributed by atoms with E-state index >= 15 is 0 Å². The van der Waals surface area contributed by atoms with Crippen LogP contribution in [0.5, 0.6) is 0 Å². The van der Waals surface area contributed by atoms with Crippen LogP contribution in [-0.4, -0.2) is 47.8 Å². The predicted octanol–water partition coefficient (Wildman–Crippen LogP) is 2.20. The first-order chi connectivity index (χ1) is 8.90. The maximum absolute atomic E-state index is 11.6. The molecular weight excluding hydrogens is 242 g/mol. The molecule has 0 saturated carbocycles. The Hall–Kier alpha value is -0.610. The molecule has 1 saturated heterocycles. The zero-order chi connectivity index (χ0) is 14.3. The number of hydrogen-bond acceptors (Lipinski definition) is 4. The fourth-order valence-corrected chi connectivity index (χ4v) is 2.52. The molecule has 19 heavy (non-hydrogen) atoms. The fraction of sp³-hybridized carbons (Fsp3) is 0.933. The van der Waals surface area contributed by atoms with E-state index in [1.54, 1.807) is 0 Å². The minimum Gasteiger partial charge on any atom is -0.460 e. The Morgan fingerprint density at radius 3 is 2.47 bits per heavy atom. The van der Waals surface area contributed by atoms with Crippen molar-refractivity contribution in [1.29, 1.82) is 0 Å². The van der Waals surface area contributed by atoms with Gasteiger partial charge in [0.2, 0.25) is 0 Å². The summed E-state index contributed by atoms with van der Waals surface area (Å²) in [4.78, 5) is 14.0. The average Bonchev–Trinajstić information content (AvgIpc) is 2.29. The van der Waals surface area contributed by atoms with E-state index in [0.717, 1.165) is 32.5 Å². The first-order valence-electron chi connectivity index (χ1n) is 7.46. The van der Waals surface area contributed by atoms with E-state index in [4.69, 9.17) is 9.84 Å². The standard InChI is InChI=1S/C15H29NO3/c1-15(2,3)19-14(18)5-4-9-16-10-6-13(7-11-16)8-12-17/h13,17H,4-12H2,1-3H3. The summed E-state index contributed by atoms with van der Waals surface area (Å²) in [6, 6.07) is 0. The van der Waals surface area contributed by atoms with E-state index < -0.39 is 0 Å². The molecule has 1 aliphatic rings. The van der Waals surface area contributed by atoms with Crippen molar-refractivity contribution >= 4 is 5.97 Å². The number of rotatable bonds is 6. The molecule has 0 spiro atoms. The fourth-order valence-electron chi connectivity index (χ4n) is 2.52. The molecule has 1 aliphatic heterocycles. The number of piperidine rings is 1. The summed E-state index contributed by atoms with van der Waals surface area (Å²) in [5.74, 6) is 0.592. The number of aliphatic hydroxyl groups is 1. The molecule has 4 heteroatoms. The molecule has 0 aromatic rings. The maximum Gasteiger partial charge on any atom is 0.306 e. The second kappa shape index (κ2) is 7.85. The predicted molar refractivity (Wildman–Crippen MR) is 75.9 cm³/mol. The van der Waals surface area contributed by atoms with E-state index in [1.807, 2.05) is 20.8 Å². The van der Waals surface area contributed by atoms with Crippen LogP contribution in [0.1, 0.15) is 52.9 Å². The van der Waals surface area contributed by atoms with Crippen LogP contribution in [0.25, 0.3) is 0 Å². The summed E-state index contributed by atoms with van der Waals surface area (Å²) in [5, 5.41) is 8.91. The monoisotopic (exact) mass is 271 g/mol. The van der Waals surface area contributed by atoms with Gasteiger partial charge < -0.3 is 14.7 Å². The van der Waals surface area contributed by atoms with Crippen molar-refractivity contribution in [2.75, 3.05) is 26.2 Å². The second-order valence-electron chi connectivity index (χ2n) is 6.49. The Kier molecular flexibility index (Phi) is 6.80. The molecule has 4 nitrogen and oxygen atoms in total. The highest BCUT2D eigenvalue weighted by Gasteiger charge is 2.19. The number of esters is 1. The van der Waals surface area contributed by atoms with Crippen molar-refractivity contribution in [1.82, 2.24) is 4.90 Å². The molecule has 0 aromatic carbocycles. The van der Waals surface area contributed by atoms with E-state index in [-0.39, 0.29) is 11.6 Å². The van der Waals surface area contributed by atoms with Gasteiger partial charge in [-0.25, -0.2) is 0 Å². The van der Waals surface area contributed by atoms with Crippen molar-refractivity contribution in [3.63, 3.8) is 0 Å². The Labute approximate surface area is 117 Å².